The lowest BCUT2D eigenvalue weighted by Crippen LogP contribution is -2.34. The number of benzene rings is 1. The normalized spacial score (nSPS) is 23.9. The van der Waals surface area contributed by atoms with Gasteiger partial charge in [-0.25, -0.2) is 4.98 Å². The molecule has 24 heavy (non-hydrogen) atoms. The fourth-order valence-electron chi connectivity index (χ4n) is 3.37. The minimum absolute atomic E-state index is 0.0313. The molecule has 0 bridgehead atoms. The molecule has 1 aromatic heterocycles. The van der Waals surface area contributed by atoms with Crippen molar-refractivity contribution in [2.24, 2.45) is 11.7 Å². The Labute approximate surface area is 141 Å². The molecule has 2 aromatic rings. The highest BCUT2D eigenvalue weighted by atomic mass is 16.4. The first-order valence-electron chi connectivity index (χ1n) is 8.81. The van der Waals surface area contributed by atoms with Gasteiger partial charge in [-0.1, -0.05) is 6.42 Å². The third-order valence-electron chi connectivity index (χ3n) is 4.97. The van der Waals surface area contributed by atoms with E-state index in [1.54, 1.807) is 6.20 Å². The van der Waals surface area contributed by atoms with Crippen LogP contribution in [-0.4, -0.2) is 16.9 Å². The van der Waals surface area contributed by atoms with E-state index in [0.717, 1.165) is 48.6 Å². The van der Waals surface area contributed by atoms with Gasteiger partial charge in [-0.15, -0.1) is 0 Å². The molecule has 0 aliphatic heterocycles. The molecule has 0 spiro atoms. The number of nitrogens with zero attached hydrogens (tertiary/aromatic N) is 1. The van der Waals surface area contributed by atoms with Gasteiger partial charge in [-0.3, -0.25) is 4.79 Å². The maximum atomic E-state index is 12.4. The highest BCUT2D eigenvalue weighted by Gasteiger charge is 2.28. The molecule has 126 valence electrons. The summed E-state index contributed by atoms with van der Waals surface area (Å²) < 4.78 is 5.81. The Morgan fingerprint density at radius 1 is 1.17 bits per heavy atom. The predicted octanol–water partition coefficient (Wildman–Crippen LogP) is 3.68. The second-order valence-corrected chi connectivity index (χ2v) is 7.03. The number of hydrogen-bond acceptors (Lipinski definition) is 4. The van der Waals surface area contributed by atoms with Gasteiger partial charge in [0.25, 0.3) is 0 Å². The first-order valence-corrected chi connectivity index (χ1v) is 8.81. The number of nitrogens with two attached hydrogens (primary N) is 1. The first-order chi connectivity index (χ1) is 11.7. The molecule has 1 amide bonds. The maximum absolute atomic E-state index is 12.4. The average Bonchev–Trinajstić information content (AvgIpc) is 3.33. The van der Waals surface area contributed by atoms with Crippen LogP contribution in [0.2, 0.25) is 0 Å². The van der Waals surface area contributed by atoms with Crippen LogP contribution in [0.5, 0.6) is 0 Å². The molecule has 5 nitrogen and oxygen atoms in total. The van der Waals surface area contributed by atoms with Gasteiger partial charge in [0.1, 0.15) is 0 Å². The van der Waals surface area contributed by atoms with E-state index in [1.165, 1.54) is 12.8 Å². The van der Waals surface area contributed by atoms with E-state index in [4.69, 9.17) is 10.2 Å². The Hall–Kier alpha value is -2.14. The van der Waals surface area contributed by atoms with Gasteiger partial charge < -0.3 is 15.5 Å². The summed E-state index contributed by atoms with van der Waals surface area (Å²) in [4.78, 5) is 16.7. The van der Waals surface area contributed by atoms with E-state index in [-0.39, 0.29) is 17.9 Å². The summed E-state index contributed by atoms with van der Waals surface area (Å²) in [6, 6.07) is 7.90. The summed E-state index contributed by atoms with van der Waals surface area (Å²) in [5.74, 6) is 2.25. The molecule has 2 aliphatic rings. The van der Waals surface area contributed by atoms with Gasteiger partial charge in [-0.2, -0.15) is 0 Å². The standard InChI is InChI=1S/C19H23N3O2/c20-15-3-1-2-14(10-15)18(23)22-16-8-6-12(7-9-16)17-11-21-19(24-17)13-4-5-13/h6-9,11,13-15H,1-5,10,20H2,(H,22,23). The van der Waals surface area contributed by atoms with Crippen LogP contribution < -0.4 is 11.1 Å². The molecule has 2 saturated carbocycles. The van der Waals surface area contributed by atoms with Crippen LogP contribution in [0.3, 0.4) is 0 Å². The number of rotatable bonds is 4. The van der Waals surface area contributed by atoms with Gasteiger partial charge in [-0.05, 0) is 56.4 Å². The van der Waals surface area contributed by atoms with Crippen LogP contribution in [0.4, 0.5) is 5.69 Å². The van der Waals surface area contributed by atoms with Crippen molar-refractivity contribution in [1.82, 2.24) is 4.98 Å². The fourth-order valence-corrected chi connectivity index (χ4v) is 3.37. The zero-order valence-electron chi connectivity index (χ0n) is 13.7. The van der Waals surface area contributed by atoms with Crippen molar-refractivity contribution in [2.45, 2.75) is 50.5 Å². The van der Waals surface area contributed by atoms with Gasteiger partial charge in [0.05, 0.1) is 6.20 Å². The molecule has 3 N–H and O–H groups in total. The van der Waals surface area contributed by atoms with Crippen molar-refractivity contribution in [2.75, 3.05) is 5.32 Å². The summed E-state index contributed by atoms with van der Waals surface area (Å²) in [6.07, 6.45) is 7.91. The SMILES string of the molecule is NC1CCCC(C(=O)Nc2ccc(-c3cnc(C4CC4)o3)cc2)C1. The largest absolute Gasteiger partial charge is 0.440 e. The summed E-state index contributed by atoms with van der Waals surface area (Å²) >= 11 is 0. The van der Waals surface area contributed by atoms with E-state index < -0.39 is 0 Å². The summed E-state index contributed by atoms with van der Waals surface area (Å²) in [7, 11) is 0. The monoisotopic (exact) mass is 325 g/mol. The number of hydrogen-bond donors (Lipinski definition) is 2. The molecule has 0 radical (unpaired) electrons. The van der Waals surface area contributed by atoms with Crippen LogP contribution >= 0.6 is 0 Å². The minimum atomic E-state index is 0.0313. The van der Waals surface area contributed by atoms with Gasteiger partial charge in [0.2, 0.25) is 5.91 Å². The molecule has 2 unspecified atom stereocenters. The highest BCUT2D eigenvalue weighted by Crippen LogP contribution is 2.40. The predicted molar refractivity (Wildman–Crippen MR) is 92.5 cm³/mol. The minimum Gasteiger partial charge on any atom is -0.440 e. The lowest BCUT2D eigenvalue weighted by molar-refractivity contribution is -0.120. The Bertz CT molecular complexity index is 718. The van der Waals surface area contributed by atoms with Crippen molar-refractivity contribution in [1.29, 1.82) is 0 Å². The number of amides is 1. The Morgan fingerprint density at radius 2 is 1.96 bits per heavy atom. The van der Waals surface area contributed by atoms with E-state index in [2.05, 4.69) is 10.3 Å². The van der Waals surface area contributed by atoms with Crippen molar-refractivity contribution in [3.63, 3.8) is 0 Å². The molecule has 5 heteroatoms. The maximum Gasteiger partial charge on any atom is 0.227 e. The lowest BCUT2D eigenvalue weighted by atomic mass is 9.85. The Morgan fingerprint density at radius 3 is 2.67 bits per heavy atom. The van der Waals surface area contributed by atoms with E-state index in [9.17, 15) is 4.79 Å². The molecule has 1 aromatic carbocycles. The van der Waals surface area contributed by atoms with E-state index in [0.29, 0.717) is 5.92 Å². The van der Waals surface area contributed by atoms with Crippen molar-refractivity contribution in [3.8, 4) is 11.3 Å². The van der Waals surface area contributed by atoms with Crippen LogP contribution in [-0.2, 0) is 4.79 Å². The second-order valence-electron chi connectivity index (χ2n) is 7.03. The number of carbonyl (C=O) groups excluding carboxylic acids is 1. The Kier molecular flexibility index (Phi) is 4.10. The highest BCUT2D eigenvalue weighted by molar-refractivity contribution is 5.92. The van der Waals surface area contributed by atoms with Gasteiger partial charge in [0, 0.05) is 29.1 Å². The van der Waals surface area contributed by atoms with Crippen LogP contribution in [0.25, 0.3) is 11.3 Å². The topological polar surface area (TPSA) is 81.2 Å². The molecular formula is C19H23N3O2. The molecular weight excluding hydrogens is 302 g/mol. The fraction of sp³-hybridized carbons (Fsp3) is 0.474. The van der Waals surface area contributed by atoms with Crippen LogP contribution in [0.15, 0.2) is 34.9 Å². The third kappa shape index (κ3) is 3.36. The number of aromatic nitrogens is 1. The smallest absolute Gasteiger partial charge is 0.227 e. The molecule has 0 saturated heterocycles. The van der Waals surface area contributed by atoms with Crippen molar-refractivity contribution in [3.05, 3.63) is 36.4 Å². The summed E-state index contributed by atoms with van der Waals surface area (Å²) in [5, 5.41) is 3.00. The van der Waals surface area contributed by atoms with Crippen molar-refractivity contribution >= 4 is 11.6 Å². The van der Waals surface area contributed by atoms with Gasteiger partial charge >= 0.3 is 0 Å². The number of oxazole rings is 1. The zero-order chi connectivity index (χ0) is 16.5. The van der Waals surface area contributed by atoms with Gasteiger partial charge in [0.15, 0.2) is 11.7 Å². The Balaban J connectivity index is 1.40. The molecule has 2 atom stereocenters. The van der Waals surface area contributed by atoms with Crippen molar-refractivity contribution < 1.29 is 9.21 Å². The molecule has 2 aliphatic carbocycles. The van der Waals surface area contributed by atoms with E-state index >= 15 is 0 Å². The number of nitrogens with one attached hydrogen (secondary N) is 1. The van der Waals surface area contributed by atoms with E-state index in [1.807, 2.05) is 24.3 Å². The molecule has 1 heterocycles. The summed E-state index contributed by atoms with van der Waals surface area (Å²) in [6.45, 7) is 0. The molecule has 2 fully saturated rings. The molecule has 4 rings (SSSR count). The first kappa shape index (κ1) is 15.4. The van der Waals surface area contributed by atoms with Crippen LogP contribution in [0, 0.1) is 5.92 Å². The number of anilines is 1. The van der Waals surface area contributed by atoms with Crippen LogP contribution in [0.1, 0.15) is 50.3 Å². The summed E-state index contributed by atoms with van der Waals surface area (Å²) in [5.41, 5.74) is 7.76. The zero-order valence-corrected chi connectivity index (χ0v) is 13.7. The number of carbonyl (C=O) groups is 1. The lowest BCUT2D eigenvalue weighted by Gasteiger charge is -2.25. The second kappa shape index (κ2) is 6.40. The average molecular weight is 325 g/mol. The quantitative estimate of drug-likeness (QED) is 0.898. The third-order valence-corrected chi connectivity index (χ3v) is 4.97.